The SMILES string of the molecule is C=CCc1cccc(/C=N/NC(=O)c2cc([N+](=O)[O-])nn2Cc2ccccc2)c1O. The molecule has 0 radical (unpaired) electrons. The van der Waals surface area contributed by atoms with Crippen molar-refractivity contribution >= 4 is 17.9 Å². The van der Waals surface area contributed by atoms with E-state index in [1.165, 1.54) is 10.9 Å². The first-order valence-electron chi connectivity index (χ1n) is 9.01. The zero-order valence-corrected chi connectivity index (χ0v) is 15.9. The van der Waals surface area contributed by atoms with Gasteiger partial charge in [-0.1, -0.05) is 48.5 Å². The lowest BCUT2D eigenvalue weighted by Crippen LogP contribution is -2.22. The Morgan fingerprint density at radius 2 is 2.03 bits per heavy atom. The van der Waals surface area contributed by atoms with Gasteiger partial charge in [-0.25, -0.2) is 5.43 Å². The first-order valence-corrected chi connectivity index (χ1v) is 9.01. The summed E-state index contributed by atoms with van der Waals surface area (Å²) in [5, 5.41) is 29.1. The Balaban J connectivity index is 1.79. The van der Waals surface area contributed by atoms with Crippen LogP contribution in [-0.2, 0) is 13.0 Å². The Morgan fingerprint density at radius 1 is 1.27 bits per heavy atom. The van der Waals surface area contributed by atoms with Gasteiger partial charge in [0.05, 0.1) is 23.9 Å². The molecule has 0 fully saturated rings. The smallest absolute Gasteiger partial charge is 0.390 e. The quantitative estimate of drug-likeness (QED) is 0.258. The van der Waals surface area contributed by atoms with E-state index in [0.717, 1.165) is 11.6 Å². The Hall–Kier alpha value is -4.27. The fourth-order valence-corrected chi connectivity index (χ4v) is 2.81. The fourth-order valence-electron chi connectivity index (χ4n) is 2.81. The zero-order chi connectivity index (χ0) is 21.5. The van der Waals surface area contributed by atoms with Crippen molar-refractivity contribution in [3.8, 4) is 5.75 Å². The lowest BCUT2D eigenvalue weighted by molar-refractivity contribution is -0.389. The zero-order valence-electron chi connectivity index (χ0n) is 15.9. The number of allylic oxidation sites excluding steroid dienone is 1. The molecule has 1 heterocycles. The number of aromatic nitrogens is 2. The van der Waals surface area contributed by atoms with Crippen LogP contribution in [0.1, 0.15) is 27.2 Å². The second-order valence-electron chi connectivity index (χ2n) is 6.34. The van der Waals surface area contributed by atoms with Crippen molar-refractivity contribution in [2.24, 2.45) is 5.10 Å². The van der Waals surface area contributed by atoms with E-state index in [1.807, 2.05) is 30.3 Å². The third-order valence-electron chi connectivity index (χ3n) is 4.25. The number of hydrogen-bond acceptors (Lipinski definition) is 6. The maximum absolute atomic E-state index is 12.6. The number of nitrogens with one attached hydrogen (secondary N) is 1. The number of phenolic OH excluding ortho intramolecular Hbond substituents is 1. The topological polar surface area (TPSA) is 123 Å². The van der Waals surface area contributed by atoms with Crippen LogP contribution in [-0.4, -0.2) is 31.9 Å². The highest BCUT2D eigenvalue weighted by Gasteiger charge is 2.23. The van der Waals surface area contributed by atoms with Crippen molar-refractivity contribution in [3.05, 3.63) is 99.8 Å². The molecule has 0 bridgehead atoms. The minimum absolute atomic E-state index is 0.00710. The van der Waals surface area contributed by atoms with E-state index in [1.54, 1.807) is 24.3 Å². The Kier molecular flexibility index (Phi) is 6.33. The average molecular weight is 405 g/mol. The minimum Gasteiger partial charge on any atom is -0.507 e. The molecule has 2 aromatic carbocycles. The molecule has 152 valence electrons. The van der Waals surface area contributed by atoms with Crippen molar-refractivity contribution in [2.75, 3.05) is 0 Å². The number of benzene rings is 2. The second-order valence-corrected chi connectivity index (χ2v) is 6.34. The van der Waals surface area contributed by atoms with Crippen LogP contribution < -0.4 is 5.43 Å². The summed E-state index contributed by atoms with van der Waals surface area (Å²) < 4.78 is 1.25. The number of hydrogen-bond donors (Lipinski definition) is 2. The van der Waals surface area contributed by atoms with Crippen LogP contribution in [0.15, 0.2) is 72.4 Å². The summed E-state index contributed by atoms with van der Waals surface area (Å²) in [6, 6.07) is 15.4. The molecular formula is C21H19N5O4. The largest absolute Gasteiger partial charge is 0.507 e. The van der Waals surface area contributed by atoms with Gasteiger partial charge in [-0.3, -0.25) is 4.79 Å². The van der Waals surface area contributed by atoms with Crippen LogP contribution in [0, 0.1) is 10.1 Å². The summed E-state index contributed by atoms with van der Waals surface area (Å²) in [6.45, 7) is 3.83. The van der Waals surface area contributed by atoms with Crippen molar-refractivity contribution in [1.82, 2.24) is 15.2 Å². The van der Waals surface area contributed by atoms with Gasteiger partial charge in [0.2, 0.25) is 0 Å². The van der Waals surface area contributed by atoms with E-state index in [2.05, 4.69) is 22.2 Å². The predicted molar refractivity (Wildman–Crippen MR) is 111 cm³/mol. The number of hydrazone groups is 1. The molecule has 2 N–H and O–H groups in total. The van der Waals surface area contributed by atoms with Crippen LogP contribution in [0.25, 0.3) is 0 Å². The van der Waals surface area contributed by atoms with E-state index in [0.29, 0.717) is 17.5 Å². The van der Waals surface area contributed by atoms with Crippen LogP contribution in [0.5, 0.6) is 5.75 Å². The van der Waals surface area contributed by atoms with Gasteiger partial charge in [0.25, 0.3) is 5.91 Å². The number of carbonyl (C=O) groups excluding carboxylic acids is 1. The van der Waals surface area contributed by atoms with Crippen molar-refractivity contribution in [3.63, 3.8) is 0 Å². The molecule has 1 amide bonds. The summed E-state index contributed by atoms with van der Waals surface area (Å²) in [7, 11) is 0. The highest BCUT2D eigenvalue weighted by atomic mass is 16.6. The van der Waals surface area contributed by atoms with Gasteiger partial charge in [0, 0.05) is 5.56 Å². The highest BCUT2D eigenvalue weighted by Crippen LogP contribution is 2.21. The molecule has 9 heteroatoms. The normalized spacial score (nSPS) is 10.8. The summed E-state index contributed by atoms with van der Waals surface area (Å²) in [4.78, 5) is 23.0. The highest BCUT2D eigenvalue weighted by molar-refractivity contribution is 5.94. The lowest BCUT2D eigenvalue weighted by Gasteiger charge is -2.05. The van der Waals surface area contributed by atoms with Crippen LogP contribution in [0.2, 0.25) is 0 Å². The molecule has 0 saturated carbocycles. The van der Waals surface area contributed by atoms with E-state index in [4.69, 9.17) is 0 Å². The summed E-state index contributed by atoms with van der Waals surface area (Å²) in [5.41, 5.74) is 4.24. The molecule has 0 saturated heterocycles. The summed E-state index contributed by atoms with van der Waals surface area (Å²) in [5.74, 6) is -1.06. The summed E-state index contributed by atoms with van der Waals surface area (Å²) in [6.07, 6.45) is 3.45. The maximum atomic E-state index is 12.6. The number of nitrogens with zero attached hydrogens (tertiary/aromatic N) is 4. The van der Waals surface area contributed by atoms with Gasteiger partial charge in [0.15, 0.2) is 5.69 Å². The summed E-state index contributed by atoms with van der Waals surface area (Å²) >= 11 is 0. The fraction of sp³-hybridized carbons (Fsp3) is 0.0952. The standard InChI is InChI=1S/C21H19N5O4/c1-2-7-16-10-6-11-17(20(16)27)13-22-23-21(28)18-12-19(26(29)30)24-25(18)14-15-8-4-3-5-9-15/h2-6,8-13,27H,1,7,14H2,(H,23,28)/b22-13+. The van der Waals surface area contributed by atoms with E-state index < -0.39 is 16.6 Å². The molecule has 30 heavy (non-hydrogen) atoms. The molecule has 1 aromatic heterocycles. The number of nitro groups is 1. The van der Waals surface area contributed by atoms with E-state index in [-0.39, 0.29) is 18.0 Å². The van der Waals surface area contributed by atoms with E-state index in [9.17, 15) is 20.0 Å². The van der Waals surface area contributed by atoms with Gasteiger partial charge in [-0.2, -0.15) is 9.78 Å². The van der Waals surface area contributed by atoms with Crippen LogP contribution in [0.4, 0.5) is 5.82 Å². The molecule has 0 unspecified atom stereocenters. The Bertz CT molecular complexity index is 1110. The third kappa shape index (κ3) is 4.76. The van der Waals surface area contributed by atoms with Crippen molar-refractivity contribution in [1.29, 1.82) is 0 Å². The molecular weight excluding hydrogens is 386 g/mol. The molecule has 0 aliphatic heterocycles. The van der Waals surface area contributed by atoms with Gasteiger partial charge in [0.1, 0.15) is 5.75 Å². The monoisotopic (exact) mass is 405 g/mol. The number of rotatable bonds is 8. The second kappa shape index (κ2) is 9.28. The van der Waals surface area contributed by atoms with Crippen LogP contribution >= 0.6 is 0 Å². The molecule has 0 aliphatic carbocycles. The maximum Gasteiger partial charge on any atom is 0.390 e. The molecule has 0 spiro atoms. The minimum atomic E-state index is -0.662. The van der Waals surface area contributed by atoms with Crippen molar-refractivity contribution in [2.45, 2.75) is 13.0 Å². The lowest BCUT2D eigenvalue weighted by atomic mass is 10.1. The van der Waals surface area contributed by atoms with Crippen molar-refractivity contribution < 1.29 is 14.8 Å². The number of phenols is 1. The first-order chi connectivity index (χ1) is 14.5. The Labute approximate surface area is 172 Å². The number of amides is 1. The first kappa shape index (κ1) is 20.5. The molecule has 0 aliphatic rings. The number of carbonyl (C=O) groups is 1. The molecule has 3 aromatic rings. The average Bonchev–Trinajstić information content (AvgIpc) is 3.16. The number of para-hydroxylation sites is 1. The molecule has 0 atom stereocenters. The molecule has 3 rings (SSSR count). The predicted octanol–water partition coefficient (Wildman–Crippen LogP) is 3.04. The van der Waals surface area contributed by atoms with Crippen LogP contribution in [0.3, 0.4) is 0 Å². The van der Waals surface area contributed by atoms with E-state index >= 15 is 0 Å². The van der Waals surface area contributed by atoms with Gasteiger partial charge in [-0.05, 0) is 28.5 Å². The van der Waals surface area contributed by atoms with Gasteiger partial charge in [-0.15, -0.1) is 6.58 Å². The van der Waals surface area contributed by atoms with Gasteiger partial charge < -0.3 is 15.2 Å². The number of aromatic hydroxyl groups is 1. The van der Waals surface area contributed by atoms with Gasteiger partial charge >= 0.3 is 5.82 Å². The molecule has 9 nitrogen and oxygen atoms in total. The third-order valence-corrected chi connectivity index (χ3v) is 4.25. The Morgan fingerprint density at radius 3 is 2.73 bits per heavy atom.